The highest BCUT2D eigenvalue weighted by Crippen LogP contribution is 2.37. The second kappa shape index (κ2) is 7.04. The molecule has 1 aromatic rings. The molecule has 0 aromatic carbocycles. The predicted molar refractivity (Wildman–Crippen MR) is 81.3 cm³/mol. The van der Waals surface area contributed by atoms with E-state index in [1.807, 2.05) is 11.3 Å². The Balaban J connectivity index is 2.12. The van der Waals surface area contributed by atoms with Gasteiger partial charge in [-0.3, -0.25) is 0 Å². The van der Waals surface area contributed by atoms with Crippen LogP contribution in [0.25, 0.3) is 0 Å². The van der Waals surface area contributed by atoms with Crippen molar-refractivity contribution >= 4 is 27.3 Å². The largest absolute Gasteiger partial charge is 0.381 e. The molecule has 0 aliphatic carbocycles. The highest BCUT2D eigenvalue weighted by molar-refractivity contribution is 9.11. The molecule has 1 unspecified atom stereocenters. The third kappa shape index (κ3) is 3.56. The van der Waals surface area contributed by atoms with E-state index in [-0.39, 0.29) is 0 Å². The molecule has 1 aliphatic heterocycles. The molecular formula is C14H22BrNOS. The molecule has 0 saturated carbocycles. The number of halogens is 1. The number of hydrogen-bond donors (Lipinski definition) is 1. The first-order valence-electron chi connectivity index (χ1n) is 6.79. The first-order valence-corrected chi connectivity index (χ1v) is 8.40. The smallest absolute Gasteiger partial charge is 0.0731 e. The molecule has 0 amide bonds. The maximum absolute atomic E-state index is 5.49. The van der Waals surface area contributed by atoms with E-state index in [0.717, 1.165) is 25.7 Å². The Morgan fingerprint density at radius 1 is 1.50 bits per heavy atom. The molecule has 2 heterocycles. The maximum Gasteiger partial charge on any atom is 0.0731 e. The van der Waals surface area contributed by atoms with E-state index in [9.17, 15) is 0 Å². The molecule has 0 radical (unpaired) electrons. The lowest BCUT2D eigenvalue weighted by molar-refractivity contribution is 0.0540. The average molecular weight is 332 g/mol. The Kier molecular flexibility index (Phi) is 5.67. The van der Waals surface area contributed by atoms with E-state index in [0.29, 0.717) is 6.04 Å². The lowest BCUT2D eigenvalue weighted by atomic mass is 9.90. The summed E-state index contributed by atoms with van der Waals surface area (Å²) in [6.07, 6.45) is 3.54. The van der Waals surface area contributed by atoms with Gasteiger partial charge >= 0.3 is 0 Å². The minimum atomic E-state index is 0.504. The molecule has 0 spiro atoms. The van der Waals surface area contributed by atoms with Crippen LogP contribution in [0.2, 0.25) is 0 Å². The van der Waals surface area contributed by atoms with Gasteiger partial charge in [-0.15, -0.1) is 11.3 Å². The average Bonchev–Trinajstić information content (AvgIpc) is 2.71. The second-order valence-corrected chi connectivity index (χ2v) is 7.39. The Morgan fingerprint density at radius 2 is 2.22 bits per heavy atom. The summed E-state index contributed by atoms with van der Waals surface area (Å²) >= 11 is 5.52. The third-order valence-corrected chi connectivity index (χ3v) is 5.75. The molecule has 18 heavy (non-hydrogen) atoms. The zero-order valence-corrected chi connectivity index (χ0v) is 13.6. The summed E-state index contributed by atoms with van der Waals surface area (Å²) in [5.74, 6) is 0.718. The molecule has 1 saturated heterocycles. The fourth-order valence-corrected chi connectivity index (χ4v) is 4.23. The molecule has 4 heteroatoms. The fraction of sp³-hybridized carbons (Fsp3) is 0.714. The Labute approximate surface area is 122 Å². The van der Waals surface area contributed by atoms with E-state index in [2.05, 4.69) is 41.2 Å². The number of ether oxygens (including phenoxy) is 1. The highest BCUT2D eigenvalue weighted by Gasteiger charge is 2.26. The monoisotopic (exact) mass is 331 g/mol. The van der Waals surface area contributed by atoms with Crippen LogP contribution in [0, 0.1) is 12.8 Å². The minimum Gasteiger partial charge on any atom is -0.381 e. The fourth-order valence-electron chi connectivity index (χ4n) is 2.49. The zero-order valence-electron chi connectivity index (χ0n) is 11.2. The summed E-state index contributed by atoms with van der Waals surface area (Å²) in [6.45, 7) is 7.33. The molecule has 2 nitrogen and oxygen atoms in total. The normalized spacial score (nSPS) is 19.1. The molecule has 1 N–H and O–H groups in total. The van der Waals surface area contributed by atoms with Crippen LogP contribution in [0.15, 0.2) is 9.85 Å². The van der Waals surface area contributed by atoms with Crippen molar-refractivity contribution in [1.29, 1.82) is 0 Å². The van der Waals surface area contributed by atoms with Gasteiger partial charge in [0.15, 0.2) is 0 Å². The van der Waals surface area contributed by atoms with E-state index < -0.39 is 0 Å². The number of nitrogens with one attached hydrogen (secondary N) is 1. The molecule has 0 bridgehead atoms. The van der Waals surface area contributed by atoms with E-state index in [1.165, 1.54) is 33.5 Å². The molecule has 1 fully saturated rings. The van der Waals surface area contributed by atoms with Gasteiger partial charge in [-0.1, -0.05) is 6.92 Å². The van der Waals surface area contributed by atoms with Crippen molar-refractivity contribution in [3.8, 4) is 0 Å². The van der Waals surface area contributed by atoms with Gasteiger partial charge in [0.25, 0.3) is 0 Å². The van der Waals surface area contributed by atoms with Crippen LogP contribution < -0.4 is 5.32 Å². The summed E-state index contributed by atoms with van der Waals surface area (Å²) in [5.41, 5.74) is 1.35. The molecule has 1 aliphatic rings. The number of rotatable bonds is 5. The maximum atomic E-state index is 5.49. The van der Waals surface area contributed by atoms with E-state index >= 15 is 0 Å². The molecule has 2 rings (SSSR count). The minimum absolute atomic E-state index is 0.504. The summed E-state index contributed by atoms with van der Waals surface area (Å²) in [7, 11) is 0. The third-order valence-electron chi connectivity index (χ3n) is 3.53. The Morgan fingerprint density at radius 3 is 2.78 bits per heavy atom. The molecular weight excluding hydrogens is 310 g/mol. The number of aryl methyl sites for hydroxylation is 1. The summed E-state index contributed by atoms with van der Waals surface area (Å²) in [5, 5.41) is 3.73. The lowest BCUT2D eigenvalue weighted by Crippen LogP contribution is -2.32. The molecule has 1 atom stereocenters. The number of hydrogen-bond acceptors (Lipinski definition) is 3. The van der Waals surface area contributed by atoms with Crippen LogP contribution in [0.5, 0.6) is 0 Å². The van der Waals surface area contributed by atoms with Gasteiger partial charge in [0, 0.05) is 24.1 Å². The van der Waals surface area contributed by atoms with Crippen LogP contribution >= 0.6 is 27.3 Å². The van der Waals surface area contributed by atoms with Crippen LogP contribution in [-0.4, -0.2) is 19.8 Å². The molecule has 102 valence electrons. The van der Waals surface area contributed by atoms with Crippen molar-refractivity contribution < 1.29 is 4.74 Å². The van der Waals surface area contributed by atoms with Crippen LogP contribution in [-0.2, 0) is 4.74 Å². The van der Waals surface area contributed by atoms with Crippen LogP contribution in [0.3, 0.4) is 0 Å². The SMILES string of the molecule is CCCNC(c1cc(C)c(Br)s1)C1CCOCC1. The topological polar surface area (TPSA) is 21.3 Å². The lowest BCUT2D eigenvalue weighted by Gasteiger charge is -2.30. The van der Waals surface area contributed by atoms with Gasteiger partial charge in [0.1, 0.15) is 0 Å². The van der Waals surface area contributed by atoms with Crippen LogP contribution in [0.1, 0.15) is 42.7 Å². The standard InChI is InChI=1S/C14H22BrNOS/c1-3-6-16-13(11-4-7-17-8-5-11)12-9-10(2)14(15)18-12/h9,11,13,16H,3-8H2,1-2H3. The van der Waals surface area contributed by atoms with E-state index in [1.54, 1.807) is 0 Å². The Bertz CT molecular complexity index is 354. The summed E-state index contributed by atoms with van der Waals surface area (Å²) < 4.78 is 6.76. The first kappa shape index (κ1) is 14.5. The van der Waals surface area contributed by atoms with Gasteiger partial charge in [-0.2, -0.15) is 0 Å². The van der Waals surface area contributed by atoms with Crippen molar-refractivity contribution in [2.24, 2.45) is 5.92 Å². The quantitative estimate of drug-likeness (QED) is 0.869. The zero-order chi connectivity index (χ0) is 13.0. The van der Waals surface area contributed by atoms with E-state index in [4.69, 9.17) is 4.74 Å². The predicted octanol–water partition coefficient (Wildman–Crippen LogP) is 4.29. The van der Waals surface area contributed by atoms with Crippen molar-refractivity contribution in [2.45, 2.75) is 39.2 Å². The van der Waals surface area contributed by atoms with Gasteiger partial charge in [0.05, 0.1) is 3.79 Å². The van der Waals surface area contributed by atoms with Gasteiger partial charge < -0.3 is 10.1 Å². The first-order chi connectivity index (χ1) is 8.72. The van der Waals surface area contributed by atoms with Gasteiger partial charge in [-0.05, 0) is 66.2 Å². The second-order valence-electron chi connectivity index (χ2n) is 4.99. The highest BCUT2D eigenvalue weighted by atomic mass is 79.9. The summed E-state index contributed by atoms with van der Waals surface area (Å²) in [6, 6.07) is 2.83. The summed E-state index contributed by atoms with van der Waals surface area (Å²) in [4.78, 5) is 1.47. The van der Waals surface area contributed by atoms with Crippen molar-refractivity contribution in [1.82, 2.24) is 5.32 Å². The van der Waals surface area contributed by atoms with Crippen LogP contribution in [0.4, 0.5) is 0 Å². The molecule has 1 aromatic heterocycles. The van der Waals surface area contributed by atoms with Gasteiger partial charge in [0.2, 0.25) is 0 Å². The Hall–Kier alpha value is 0.1000. The van der Waals surface area contributed by atoms with Crippen molar-refractivity contribution in [2.75, 3.05) is 19.8 Å². The van der Waals surface area contributed by atoms with Gasteiger partial charge in [-0.25, -0.2) is 0 Å². The van der Waals surface area contributed by atoms with Crippen molar-refractivity contribution in [3.63, 3.8) is 0 Å². The van der Waals surface area contributed by atoms with Crippen molar-refractivity contribution in [3.05, 3.63) is 20.3 Å². The number of thiophene rings is 1.